The van der Waals surface area contributed by atoms with E-state index in [1.54, 1.807) is 6.08 Å². The third-order valence-electron chi connectivity index (χ3n) is 13.2. The topological polar surface area (TPSA) is 105 Å². The van der Waals surface area contributed by atoms with Crippen molar-refractivity contribution in [2.45, 2.75) is 257 Å². The van der Waals surface area contributed by atoms with Gasteiger partial charge in [0.05, 0.1) is 39.9 Å². The number of phosphoric ester groups is 1. The Labute approximate surface area is 469 Å². The molecule has 0 heterocycles. The predicted octanol–water partition coefficient (Wildman–Crippen LogP) is 19.3. The summed E-state index contributed by atoms with van der Waals surface area (Å²) >= 11 is 0. The molecule has 3 N–H and O–H groups in total. The van der Waals surface area contributed by atoms with Gasteiger partial charge in [-0.2, -0.15) is 0 Å². The zero-order valence-electron chi connectivity index (χ0n) is 49.7. The number of nitrogens with zero attached hydrogens (tertiary/aromatic N) is 1. The van der Waals surface area contributed by atoms with Crippen LogP contribution in [0.4, 0.5) is 0 Å². The molecule has 0 saturated heterocycles. The number of quaternary nitrogens is 1. The molecule has 9 heteroatoms. The Morgan fingerprint density at radius 1 is 0.461 bits per heavy atom. The van der Waals surface area contributed by atoms with Crippen molar-refractivity contribution < 1.29 is 32.9 Å². The first kappa shape index (κ1) is 72.9. The first-order valence-corrected chi connectivity index (χ1v) is 32.4. The summed E-state index contributed by atoms with van der Waals surface area (Å²) < 4.78 is 23.7. The van der Waals surface area contributed by atoms with Crippen molar-refractivity contribution in [3.8, 4) is 0 Å². The van der Waals surface area contributed by atoms with Gasteiger partial charge in [-0.05, 0) is 96.3 Å². The number of phosphoric acid groups is 1. The molecular formula is C67H118N2O6P+. The second-order valence-corrected chi connectivity index (χ2v) is 23.1. The summed E-state index contributed by atoms with van der Waals surface area (Å²) in [5.41, 5.74) is 0. The average Bonchev–Trinajstić information content (AvgIpc) is 3.38. The van der Waals surface area contributed by atoms with Crippen LogP contribution in [0.1, 0.15) is 245 Å². The molecule has 0 spiro atoms. The van der Waals surface area contributed by atoms with Gasteiger partial charge in [0, 0.05) is 6.42 Å². The van der Waals surface area contributed by atoms with Gasteiger partial charge >= 0.3 is 7.82 Å². The highest BCUT2D eigenvalue weighted by molar-refractivity contribution is 7.47. The van der Waals surface area contributed by atoms with Gasteiger partial charge < -0.3 is 19.8 Å². The summed E-state index contributed by atoms with van der Waals surface area (Å²) in [6.45, 7) is 4.68. The number of nitrogens with one attached hydrogen (secondary N) is 1. The quantitative estimate of drug-likeness (QED) is 0.0243. The number of aliphatic hydroxyl groups excluding tert-OH is 1. The van der Waals surface area contributed by atoms with Gasteiger partial charge in [-0.3, -0.25) is 13.8 Å². The number of unbranched alkanes of at least 4 members (excludes halogenated alkanes) is 24. The van der Waals surface area contributed by atoms with E-state index in [0.29, 0.717) is 17.4 Å². The van der Waals surface area contributed by atoms with Crippen LogP contribution >= 0.6 is 7.82 Å². The Kier molecular flexibility index (Phi) is 54.3. The molecule has 0 fully saturated rings. The molecule has 0 aliphatic carbocycles. The number of carbonyl (C=O) groups excluding carboxylic acids is 1. The van der Waals surface area contributed by atoms with Crippen LogP contribution in [0.25, 0.3) is 0 Å². The molecule has 0 aromatic carbocycles. The largest absolute Gasteiger partial charge is 0.472 e. The van der Waals surface area contributed by atoms with Crippen molar-refractivity contribution in [2.75, 3.05) is 40.9 Å². The molecule has 0 saturated carbocycles. The Hall–Kier alpha value is -3.10. The molecule has 0 aliphatic heterocycles. The van der Waals surface area contributed by atoms with Crippen molar-refractivity contribution in [3.63, 3.8) is 0 Å². The Bertz CT molecular complexity index is 1650. The average molecular weight is 1080 g/mol. The minimum atomic E-state index is -4.37. The fraction of sp³-hybridized carbons (Fsp3) is 0.687. The van der Waals surface area contributed by atoms with Crippen molar-refractivity contribution in [1.82, 2.24) is 5.32 Å². The number of amides is 1. The van der Waals surface area contributed by atoms with Gasteiger partial charge in [0.2, 0.25) is 5.91 Å². The summed E-state index contributed by atoms with van der Waals surface area (Å²) in [6.07, 6.45) is 84.5. The molecule has 0 bridgehead atoms. The van der Waals surface area contributed by atoms with E-state index in [-0.39, 0.29) is 19.1 Å². The lowest BCUT2D eigenvalue weighted by molar-refractivity contribution is -0.870. The van der Waals surface area contributed by atoms with E-state index < -0.39 is 20.0 Å². The van der Waals surface area contributed by atoms with E-state index in [1.807, 2.05) is 27.2 Å². The first-order valence-electron chi connectivity index (χ1n) is 30.9. The molecule has 0 aromatic rings. The number of hydrogen-bond donors (Lipinski definition) is 3. The van der Waals surface area contributed by atoms with Crippen LogP contribution in [0.3, 0.4) is 0 Å². The maximum Gasteiger partial charge on any atom is 0.472 e. The highest BCUT2D eigenvalue weighted by Gasteiger charge is 2.27. The Morgan fingerprint density at radius 3 is 1.21 bits per heavy atom. The molecule has 76 heavy (non-hydrogen) atoms. The maximum atomic E-state index is 13.0. The number of rotatable bonds is 55. The smallest absolute Gasteiger partial charge is 0.387 e. The van der Waals surface area contributed by atoms with Gasteiger partial charge in [-0.1, -0.05) is 264 Å². The van der Waals surface area contributed by atoms with Crippen LogP contribution in [0.5, 0.6) is 0 Å². The normalized spacial score (nSPS) is 14.7. The SMILES string of the molecule is CC/C=C\C/C=C\C/C=C\C/C=C\C/C=C\C/C=C\C/C=C\C/C=C\CCCCCCCCCCC(=O)NC(COP(=O)(O)OCC[N+](C)(C)C)C(O)/C=C/CC/C=C/CCCCCCCCCCCCCCCCC. The van der Waals surface area contributed by atoms with Crippen molar-refractivity contribution >= 4 is 13.7 Å². The summed E-state index contributed by atoms with van der Waals surface area (Å²) in [5.74, 6) is -0.199. The molecule has 436 valence electrons. The van der Waals surface area contributed by atoms with E-state index >= 15 is 0 Å². The van der Waals surface area contributed by atoms with Crippen molar-refractivity contribution in [2.24, 2.45) is 0 Å². The molecule has 0 rings (SSSR count). The molecule has 3 atom stereocenters. The lowest BCUT2D eigenvalue weighted by Gasteiger charge is -2.25. The lowest BCUT2D eigenvalue weighted by atomic mass is 10.0. The van der Waals surface area contributed by atoms with Crippen molar-refractivity contribution in [3.05, 3.63) is 122 Å². The second-order valence-electron chi connectivity index (χ2n) is 21.7. The van der Waals surface area contributed by atoms with Gasteiger partial charge in [0.15, 0.2) is 0 Å². The number of allylic oxidation sites excluding steroid dienone is 19. The third-order valence-corrected chi connectivity index (χ3v) is 14.1. The van der Waals surface area contributed by atoms with Gasteiger partial charge in [-0.25, -0.2) is 4.57 Å². The van der Waals surface area contributed by atoms with Crippen LogP contribution in [-0.2, 0) is 18.4 Å². The molecule has 3 unspecified atom stereocenters. The number of likely N-dealkylation sites (N-methyl/N-ethyl adjacent to an activating group) is 1. The van der Waals surface area contributed by atoms with Crippen molar-refractivity contribution in [1.29, 1.82) is 0 Å². The minimum Gasteiger partial charge on any atom is -0.387 e. The standard InChI is InChI=1S/C67H117N2O6P/c1-6-8-10-12-14-16-18-20-22-24-26-28-29-30-31-32-33-34-35-36-37-38-39-41-43-45-47-49-51-53-55-57-59-61-67(71)68-65(64-75-76(72,73)74-63-62-69(3,4)5)66(70)60-58-56-54-52-50-48-46-44-42-40-27-25-23-21-19-17-15-13-11-9-7-2/h8,10,14,16,20,22,26,28,30-31,33-34,36-37,39,41,50,52,58,60,65-66,70H,6-7,9,11-13,15,17-19,21,23-25,27,29,32,35,38,40,42-49,51,53-57,59,61-64H2,1-5H3,(H-,68,71,72,73)/p+1/b10-8-,16-14-,22-20-,28-26-,31-30-,34-33-,37-36-,41-39-,52-50+,60-58+. The number of carbonyl (C=O) groups is 1. The van der Waals surface area contributed by atoms with Crippen LogP contribution in [-0.4, -0.2) is 73.4 Å². The van der Waals surface area contributed by atoms with E-state index in [2.05, 4.69) is 129 Å². The minimum absolute atomic E-state index is 0.0484. The first-order chi connectivity index (χ1) is 37.0. The summed E-state index contributed by atoms with van der Waals surface area (Å²) in [6, 6.07) is -0.878. The van der Waals surface area contributed by atoms with E-state index in [0.717, 1.165) is 103 Å². The summed E-state index contributed by atoms with van der Waals surface area (Å²) in [4.78, 5) is 23.3. The molecular weight excluding hydrogens is 960 g/mol. The summed E-state index contributed by atoms with van der Waals surface area (Å²) in [7, 11) is 1.53. The Balaban J connectivity index is 4.25. The fourth-order valence-electron chi connectivity index (χ4n) is 8.37. The zero-order chi connectivity index (χ0) is 55.6. The number of hydrogen-bond acceptors (Lipinski definition) is 5. The molecule has 1 amide bonds. The van der Waals surface area contributed by atoms with Crippen LogP contribution in [0.15, 0.2) is 122 Å². The monoisotopic (exact) mass is 1080 g/mol. The zero-order valence-corrected chi connectivity index (χ0v) is 50.6. The highest BCUT2D eigenvalue weighted by Crippen LogP contribution is 2.43. The van der Waals surface area contributed by atoms with Gasteiger partial charge in [-0.15, -0.1) is 0 Å². The number of aliphatic hydroxyl groups is 1. The predicted molar refractivity (Wildman–Crippen MR) is 332 cm³/mol. The molecule has 8 nitrogen and oxygen atoms in total. The van der Waals surface area contributed by atoms with Gasteiger partial charge in [0.1, 0.15) is 13.2 Å². The maximum absolute atomic E-state index is 13.0. The fourth-order valence-corrected chi connectivity index (χ4v) is 9.10. The van der Waals surface area contributed by atoms with Crippen LogP contribution in [0.2, 0.25) is 0 Å². The highest BCUT2D eigenvalue weighted by atomic mass is 31.2. The Morgan fingerprint density at radius 2 is 0.803 bits per heavy atom. The van der Waals surface area contributed by atoms with E-state index in [4.69, 9.17) is 9.05 Å². The summed E-state index contributed by atoms with van der Waals surface area (Å²) in [5, 5.41) is 13.9. The molecule has 0 aliphatic rings. The van der Waals surface area contributed by atoms with Crippen LogP contribution in [0, 0.1) is 0 Å². The van der Waals surface area contributed by atoms with Gasteiger partial charge in [0.25, 0.3) is 0 Å². The third kappa shape index (κ3) is 58.6. The van der Waals surface area contributed by atoms with E-state index in [1.165, 1.54) is 122 Å². The van der Waals surface area contributed by atoms with Crippen LogP contribution < -0.4 is 5.32 Å². The van der Waals surface area contributed by atoms with E-state index in [9.17, 15) is 19.4 Å². The molecule has 0 radical (unpaired) electrons. The second kappa shape index (κ2) is 56.6. The molecule has 0 aromatic heterocycles. The lowest BCUT2D eigenvalue weighted by Crippen LogP contribution is -2.45.